The van der Waals surface area contributed by atoms with E-state index in [1.54, 1.807) is 75.7 Å². The fourth-order valence-corrected chi connectivity index (χ4v) is 5.26. The molecule has 9 heteroatoms. The first-order chi connectivity index (χ1) is 16.1. The van der Waals surface area contributed by atoms with Crippen LogP contribution in [0.1, 0.15) is 24.1 Å². The van der Waals surface area contributed by atoms with E-state index < -0.39 is 28.5 Å². The van der Waals surface area contributed by atoms with Gasteiger partial charge in [0.15, 0.2) is 0 Å². The average Bonchev–Trinajstić information content (AvgIpc) is 2.82. The summed E-state index contributed by atoms with van der Waals surface area (Å²) in [5.41, 5.74) is 2.02. The summed E-state index contributed by atoms with van der Waals surface area (Å²) in [5, 5.41) is 2.88. The molecule has 3 aromatic carbocycles. The number of carbonyl (C=O) groups is 1. The molecule has 1 amide bonds. The van der Waals surface area contributed by atoms with Crippen LogP contribution in [-0.4, -0.2) is 35.1 Å². The lowest BCUT2D eigenvalue weighted by atomic mass is 10.1. The number of hydrogen-bond donors (Lipinski definition) is 1. The molecule has 1 unspecified atom stereocenters. The van der Waals surface area contributed by atoms with Crippen molar-refractivity contribution in [3.05, 3.63) is 82.3 Å². The predicted molar refractivity (Wildman–Crippen MR) is 136 cm³/mol. The molecule has 7 nitrogen and oxygen atoms in total. The zero-order valence-corrected chi connectivity index (χ0v) is 21.8. The number of anilines is 1. The summed E-state index contributed by atoms with van der Waals surface area (Å²) in [6.07, 6.45) is 0. The highest BCUT2D eigenvalue weighted by molar-refractivity contribution is 9.10. The molecule has 0 aromatic heterocycles. The van der Waals surface area contributed by atoms with Crippen LogP contribution in [0.3, 0.4) is 0 Å². The highest BCUT2D eigenvalue weighted by atomic mass is 79.9. The van der Waals surface area contributed by atoms with Gasteiger partial charge in [0.05, 0.1) is 30.8 Å². The molecule has 0 saturated heterocycles. The Morgan fingerprint density at radius 3 is 2.35 bits per heavy atom. The smallest absolute Gasteiger partial charge is 0.264 e. The highest BCUT2D eigenvalue weighted by Crippen LogP contribution is 2.30. The molecule has 0 radical (unpaired) electrons. The maximum Gasteiger partial charge on any atom is 0.264 e. The number of amides is 1. The lowest BCUT2D eigenvalue weighted by Crippen LogP contribution is -2.41. The van der Waals surface area contributed by atoms with Crippen molar-refractivity contribution in [3.8, 4) is 11.5 Å². The monoisotopic (exact) mass is 546 g/mol. The molecule has 0 aliphatic heterocycles. The second kappa shape index (κ2) is 10.9. The number of methoxy groups -OCH3 is 2. The normalized spacial score (nSPS) is 12.0. The van der Waals surface area contributed by atoms with Gasteiger partial charge in [-0.3, -0.25) is 9.10 Å². The quantitative estimate of drug-likeness (QED) is 0.414. The van der Waals surface area contributed by atoms with Crippen molar-refractivity contribution >= 4 is 37.5 Å². The molecule has 0 bridgehead atoms. The van der Waals surface area contributed by atoms with Crippen molar-refractivity contribution in [1.82, 2.24) is 5.32 Å². The number of carbonyl (C=O) groups excluding carboxylic acids is 1. The number of nitrogens with one attached hydrogen (secondary N) is 1. The van der Waals surface area contributed by atoms with Crippen molar-refractivity contribution in [1.29, 1.82) is 0 Å². The van der Waals surface area contributed by atoms with E-state index in [9.17, 15) is 13.2 Å². The van der Waals surface area contributed by atoms with Gasteiger partial charge in [0.2, 0.25) is 5.91 Å². The largest absolute Gasteiger partial charge is 0.497 e. The van der Waals surface area contributed by atoms with Crippen molar-refractivity contribution in [2.45, 2.75) is 24.8 Å². The Hall–Kier alpha value is -3.04. The van der Waals surface area contributed by atoms with Gasteiger partial charge < -0.3 is 14.8 Å². The summed E-state index contributed by atoms with van der Waals surface area (Å²) >= 11 is 3.38. The third-order valence-corrected chi connectivity index (χ3v) is 7.55. The Balaban J connectivity index is 1.91. The number of ether oxygens (including phenoxy) is 2. The van der Waals surface area contributed by atoms with Crippen LogP contribution in [0, 0.1) is 6.92 Å². The van der Waals surface area contributed by atoms with Crippen molar-refractivity contribution in [2.24, 2.45) is 0 Å². The Morgan fingerprint density at radius 1 is 1.03 bits per heavy atom. The minimum atomic E-state index is -4.00. The second-order valence-corrected chi connectivity index (χ2v) is 10.5. The fourth-order valence-electron chi connectivity index (χ4n) is 3.46. The van der Waals surface area contributed by atoms with Gasteiger partial charge in [-0.1, -0.05) is 39.7 Å². The van der Waals surface area contributed by atoms with Crippen LogP contribution in [0.15, 0.2) is 76.1 Å². The molecule has 1 atom stereocenters. The van der Waals surface area contributed by atoms with Gasteiger partial charge in [-0.2, -0.15) is 0 Å². The van der Waals surface area contributed by atoms with Crippen LogP contribution in [0.4, 0.5) is 5.69 Å². The van der Waals surface area contributed by atoms with Gasteiger partial charge in [-0.05, 0) is 62.4 Å². The molecule has 3 rings (SSSR count). The lowest BCUT2D eigenvalue weighted by molar-refractivity contribution is -0.120. The first-order valence-corrected chi connectivity index (χ1v) is 12.7. The van der Waals surface area contributed by atoms with Crippen LogP contribution in [0.2, 0.25) is 0 Å². The van der Waals surface area contributed by atoms with Crippen LogP contribution >= 0.6 is 15.9 Å². The third kappa shape index (κ3) is 5.90. The zero-order valence-electron chi connectivity index (χ0n) is 19.4. The van der Waals surface area contributed by atoms with Gasteiger partial charge in [-0.15, -0.1) is 0 Å². The van der Waals surface area contributed by atoms with E-state index in [1.165, 1.54) is 12.1 Å². The molecule has 3 aromatic rings. The van der Waals surface area contributed by atoms with E-state index in [0.29, 0.717) is 27.2 Å². The van der Waals surface area contributed by atoms with Crippen LogP contribution in [0.25, 0.3) is 0 Å². The van der Waals surface area contributed by atoms with Crippen molar-refractivity contribution < 1.29 is 22.7 Å². The Kier molecular flexibility index (Phi) is 8.22. The second-order valence-electron chi connectivity index (χ2n) is 7.70. The summed E-state index contributed by atoms with van der Waals surface area (Å²) in [5.74, 6) is 0.743. The maximum atomic E-state index is 13.5. The van der Waals surface area contributed by atoms with Crippen molar-refractivity contribution in [2.75, 3.05) is 25.1 Å². The molecule has 0 aliphatic carbocycles. The molecular formula is C25H27BrN2O5S. The van der Waals surface area contributed by atoms with E-state index >= 15 is 0 Å². The number of benzene rings is 3. The molecule has 0 fully saturated rings. The summed E-state index contributed by atoms with van der Waals surface area (Å²) in [4.78, 5) is 13.2. The van der Waals surface area contributed by atoms with Gasteiger partial charge in [0, 0.05) is 10.0 Å². The van der Waals surface area contributed by atoms with Crippen LogP contribution in [0.5, 0.6) is 11.5 Å². The first kappa shape index (κ1) is 25.6. The van der Waals surface area contributed by atoms with Crippen molar-refractivity contribution in [3.63, 3.8) is 0 Å². The average molecular weight is 547 g/mol. The number of nitrogens with zero attached hydrogens (tertiary/aromatic N) is 1. The molecule has 34 heavy (non-hydrogen) atoms. The summed E-state index contributed by atoms with van der Waals surface area (Å²) in [6.45, 7) is 3.28. The van der Waals surface area contributed by atoms with E-state index in [2.05, 4.69) is 21.2 Å². The minimum absolute atomic E-state index is 0.105. The summed E-state index contributed by atoms with van der Waals surface area (Å²) in [6, 6.07) is 18.2. The molecule has 0 saturated carbocycles. The molecule has 180 valence electrons. The number of aryl methyl sites for hydroxylation is 1. The standard InChI is InChI=1S/C25H27BrN2O5S/c1-17-8-11-22(12-9-17)34(30,31)28(20-7-5-6-19(26)14-20)16-25(29)27-18(2)23-15-21(32-3)10-13-24(23)33-4/h5-15,18H,16H2,1-4H3,(H,27,29). The molecule has 0 heterocycles. The van der Waals surface area contributed by atoms with Gasteiger partial charge in [-0.25, -0.2) is 8.42 Å². The minimum Gasteiger partial charge on any atom is -0.497 e. The topological polar surface area (TPSA) is 84.9 Å². The Labute approximate surface area is 208 Å². The van der Waals surface area contributed by atoms with Crippen LogP contribution < -0.4 is 19.1 Å². The number of rotatable bonds is 9. The van der Waals surface area contributed by atoms with Gasteiger partial charge in [0.1, 0.15) is 18.0 Å². The molecule has 0 aliphatic rings. The summed E-state index contributed by atoms with van der Waals surface area (Å²) < 4.78 is 39.6. The van der Waals surface area contributed by atoms with Gasteiger partial charge in [0.25, 0.3) is 10.0 Å². The fraction of sp³-hybridized carbons (Fsp3) is 0.240. The van der Waals surface area contributed by atoms with Crippen LogP contribution in [-0.2, 0) is 14.8 Å². The molecule has 0 spiro atoms. The van der Waals surface area contributed by atoms with E-state index in [0.717, 1.165) is 9.87 Å². The number of halogens is 1. The van der Waals surface area contributed by atoms with Gasteiger partial charge >= 0.3 is 0 Å². The maximum absolute atomic E-state index is 13.5. The highest BCUT2D eigenvalue weighted by Gasteiger charge is 2.28. The van der Waals surface area contributed by atoms with E-state index in [4.69, 9.17) is 9.47 Å². The lowest BCUT2D eigenvalue weighted by Gasteiger charge is -2.25. The molecule has 1 N–H and O–H groups in total. The van der Waals surface area contributed by atoms with E-state index in [-0.39, 0.29) is 4.90 Å². The number of sulfonamides is 1. The SMILES string of the molecule is COc1ccc(OC)c(C(C)NC(=O)CN(c2cccc(Br)c2)S(=O)(=O)c2ccc(C)cc2)c1. The Bertz CT molecular complexity index is 1260. The van der Waals surface area contributed by atoms with E-state index in [1.807, 2.05) is 6.92 Å². The zero-order chi connectivity index (χ0) is 24.9. The summed E-state index contributed by atoms with van der Waals surface area (Å²) in [7, 11) is -0.899. The predicted octanol–water partition coefficient (Wildman–Crippen LogP) is 4.85. The number of hydrogen-bond acceptors (Lipinski definition) is 5. The third-order valence-electron chi connectivity index (χ3n) is 5.27. The Morgan fingerprint density at radius 2 is 1.74 bits per heavy atom. The first-order valence-electron chi connectivity index (χ1n) is 10.5. The molecular weight excluding hydrogens is 520 g/mol.